The van der Waals surface area contributed by atoms with Gasteiger partial charge in [0.25, 0.3) is 0 Å². The number of nitrogens with one attached hydrogen (secondary N) is 2. The van der Waals surface area contributed by atoms with Gasteiger partial charge in [-0.1, -0.05) is 6.42 Å². The largest absolute Gasteiger partial charge is 0.494 e. The molecule has 2 rings (SSSR count). The lowest BCUT2D eigenvalue weighted by molar-refractivity contribution is -0.143. The summed E-state index contributed by atoms with van der Waals surface area (Å²) in [4.78, 5) is 23.6. The molecule has 1 amide bonds. The summed E-state index contributed by atoms with van der Waals surface area (Å²) in [6, 6.07) is 4.62. The number of amides is 1. The second-order valence-corrected chi connectivity index (χ2v) is 8.32. The number of methoxy groups -OCH3 is 1. The van der Waals surface area contributed by atoms with Crippen LogP contribution in [0.1, 0.15) is 32.6 Å². The molecule has 0 aromatic heterocycles. The molecule has 1 aromatic carbocycles. The molecule has 1 fully saturated rings. The van der Waals surface area contributed by atoms with Gasteiger partial charge in [0.15, 0.2) is 0 Å². The highest BCUT2D eigenvalue weighted by Crippen LogP contribution is 2.32. The lowest BCUT2D eigenvalue weighted by atomic mass is 9.81. The van der Waals surface area contributed by atoms with Gasteiger partial charge in [0.2, 0.25) is 15.9 Å². The van der Waals surface area contributed by atoms with Crippen LogP contribution in [-0.4, -0.2) is 38.3 Å². The van der Waals surface area contributed by atoms with E-state index in [2.05, 4.69) is 10.0 Å². The topological polar surface area (TPSA) is 122 Å². The van der Waals surface area contributed by atoms with Gasteiger partial charge >= 0.3 is 5.97 Å². The smallest absolute Gasteiger partial charge is 0.306 e. The molecule has 144 valence electrons. The number of benzene rings is 1. The minimum absolute atomic E-state index is 0.0684. The minimum Gasteiger partial charge on any atom is -0.494 e. The second-order valence-electron chi connectivity index (χ2n) is 6.31. The van der Waals surface area contributed by atoms with Gasteiger partial charge < -0.3 is 15.2 Å². The minimum atomic E-state index is -3.45. The molecule has 0 saturated heterocycles. The number of anilines is 2. The summed E-state index contributed by atoms with van der Waals surface area (Å²) in [5, 5.41) is 11.9. The van der Waals surface area contributed by atoms with Gasteiger partial charge in [0.1, 0.15) is 5.75 Å². The van der Waals surface area contributed by atoms with E-state index in [1.807, 2.05) is 0 Å². The highest BCUT2D eigenvalue weighted by atomic mass is 32.2. The van der Waals surface area contributed by atoms with Gasteiger partial charge in [-0.3, -0.25) is 14.3 Å². The summed E-state index contributed by atoms with van der Waals surface area (Å²) < 4.78 is 31.0. The Morgan fingerprint density at radius 1 is 1.27 bits per heavy atom. The van der Waals surface area contributed by atoms with Crippen molar-refractivity contribution < 1.29 is 27.9 Å². The predicted molar refractivity (Wildman–Crippen MR) is 97.8 cm³/mol. The van der Waals surface area contributed by atoms with Crippen molar-refractivity contribution in [2.75, 3.05) is 22.9 Å². The number of ether oxygens (including phenoxy) is 1. The fourth-order valence-electron chi connectivity index (χ4n) is 2.99. The number of carboxylic acid groups (broad SMARTS) is 1. The highest BCUT2D eigenvalue weighted by molar-refractivity contribution is 7.92. The first kappa shape index (κ1) is 20.0. The molecule has 0 bridgehead atoms. The van der Waals surface area contributed by atoms with Gasteiger partial charge in [0, 0.05) is 17.7 Å². The Morgan fingerprint density at radius 2 is 1.96 bits per heavy atom. The van der Waals surface area contributed by atoms with Crippen molar-refractivity contribution >= 4 is 33.3 Å². The van der Waals surface area contributed by atoms with Crippen LogP contribution in [0.4, 0.5) is 11.4 Å². The molecule has 26 heavy (non-hydrogen) atoms. The monoisotopic (exact) mass is 384 g/mol. The molecule has 0 radical (unpaired) electrons. The standard InChI is InChI=1S/C17H24N2O6S/c1-3-26(23,24)19-14-8-7-13(10-15(14)25-2)18-16(20)11-5-4-6-12(9-11)17(21)22/h7-8,10-12,19H,3-6,9H2,1-2H3,(H,18,20)(H,21,22). The number of carboxylic acids is 1. The normalized spacial score (nSPS) is 20.2. The Bertz CT molecular complexity index is 777. The summed E-state index contributed by atoms with van der Waals surface area (Å²) >= 11 is 0. The third kappa shape index (κ3) is 5.10. The molecule has 1 aromatic rings. The molecule has 3 N–H and O–H groups in total. The lowest BCUT2D eigenvalue weighted by Gasteiger charge is -2.25. The molecule has 0 spiro atoms. The van der Waals surface area contributed by atoms with Gasteiger partial charge in [0.05, 0.1) is 24.5 Å². The van der Waals surface area contributed by atoms with E-state index in [-0.39, 0.29) is 29.0 Å². The Morgan fingerprint density at radius 3 is 2.58 bits per heavy atom. The van der Waals surface area contributed by atoms with Crippen LogP contribution in [0.5, 0.6) is 5.75 Å². The average Bonchev–Trinajstić information content (AvgIpc) is 2.62. The van der Waals surface area contributed by atoms with Crippen molar-refractivity contribution in [2.24, 2.45) is 11.8 Å². The van der Waals surface area contributed by atoms with Crippen LogP contribution >= 0.6 is 0 Å². The van der Waals surface area contributed by atoms with Crippen molar-refractivity contribution in [3.05, 3.63) is 18.2 Å². The molecule has 8 nitrogen and oxygen atoms in total. The van der Waals surface area contributed by atoms with Crippen LogP contribution < -0.4 is 14.8 Å². The average molecular weight is 384 g/mol. The van der Waals surface area contributed by atoms with E-state index in [4.69, 9.17) is 9.84 Å². The van der Waals surface area contributed by atoms with Crippen LogP contribution in [0.25, 0.3) is 0 Å². The fourth-order valence-corrected chi connectivity index (χ4v) is 3.64. The molecule has 1 aliphatic carbocycles. The summed E-state index contributed by atoms with van der Waals surface area (Å²) in [5.41, 5.74) is 0.750. The predicted octanol–water partition coefficient (Wildman–Crippen LogP) is 2.29. The van der Waals surface area contributed by atoms with Crippen molar-refractivity contribution in [2.45, 2.75) is 32.6 Å². The molecule has 1 aliphatic rings. The first-order valence-corrected chi connectivity index (χ1v) is 10.1. The fraction of sp³-hybridized carbons (Fsp3) is 0.529. The second kappa shape index (κ2) is 8.39. The molecule has 2 unspecified atom stereocenters. The first-order valence-electron chi connectivity index (χ1n) is 8.48. The van der Waals surface area contributed by atoms with Crippen molar-refractivity contribution in [3.8, 4) is 5.75 Å². The van der Waals surface area contributed by atoms with Gasteiger partial charge in [-0.05, 0) is 38.3 Å². The molecule has 1 saturated carbocycles. The van der Waals surface area contributed by atoms with E-state index in [1.165, 1.54) is 26.2 Å². The van der Waals surface area contributed by atoms with E-state index >= 15 is 0 Å². The van der Waals surface area contributed by atoms with Crippen LogP contribution in [-0.2, 0) is 19.6 Å². The van der Waals surface area contributed by atoms with Gasteiger partial charge in [-0.15, -0.1) is 0 Å². The summed E-state index contributed by atoms with van der Waals surface area (Å²) in [6.07, 6.45) is 2.28. The van der Waals surface area contributed by atoms with E-state index < -0.39 is 21.9 Å². The molecule has 9 heteroatoms. The zero-order chi connectivity index (χ0) is 19.3. The van der Waals surface area contributed by atoms with Crippen LogP contribution in [0.15, 0.2) is 18.2 Å². The summed E-state index contributed by atoms with van der Waals surface area (Å²) in [7, 11) is -2.04. The van der Waals surface area contributed by atoms with Crippen molar-refractivity contribution in [1.29, 1.82) is 0 Å². The van der Waals surface area contributed by atoms with Gasteiger partial charge in [-0.25, -0.2) is 8.42 Å². The molecule has 0 heterocycles. The first-order chi connectivity index (χ1) is 12.3. The molecular weight excluding hydrogens is 360 g/mol. The molecular formula is C17H24N2O6S. The van der Waals surface area contributed by atoms with E-state index in [1.54, 1.807) is 6.07 Å². The van der Waals surface area contributed by atoms with E-state index in [9.17, 15) is 18.0 Å². The quantitative estimate of drug-likeness (QED) is 0.663. The Labute approximate surface area is 153 Å². The maximum Gasteiger partial charge on any atom is 0.306 e. The Balaban J connectivity index is 2.09. The van der Waals surface area contributed by atoms with E-state index in [0.717, 1.165) is 0 Å². The zero-order valence-corrected chi connectivity index (χ0v) is 15.6. The number of carbonyl (C=O) groups excluding carboxylic acids is 1. The zero-order valence-electron chi connectivity index (χ0n) is 14.8. The number of carbonyl (C=O) groups is 2. The number of hydrogen-bond acceptors (Lipinski definition) is 5. The maximum atomic E-state index is 12.4. The number of aliphatic carboxylic acids is 1. The summed E-state index contributed by atoms with van der Waals surface area (Å²) in [5.74, 6) is -1.72. The maximum absolute atomic E-state index is 12.4. The summed E-state index contributed by atoms with van der Waals surface area (Å²) in [6.45, 7) is 1.53. The number of hydrogen-bond donors (Lipinski definition) is 3. The van der Waals surface area contributed by atoms with Crippen LogP contribution in [0.2, 0.25) is 0 Å². The van der Waals surface area contributed by atoms with Gasteiger partial charge in [-0.2, -0.15) is 0 Å². The third-order valence-corrected chi connectivity index (χ3v) is 5.80. The molecule has 0 aliphatic heterocycles. The highest BCUT2D eigenvalue weighted by Gasteiger charge is 2.31. The Hall–Kier alpha value is -2.29. The SMILES string of the molecule is CCS(=O)(=O)Nc1ccc(NC(=O)C2CCCC(C(=O)O)C2)cc1OC. The van der Waals surface area contributed by atoms with Crippen molar-refractivity contribution in [3.63, 3.8) is 0 Å². The Kier molecular flexibility index (Phi) is 6.47. The van der Waals surface area contributed by atoms with Crippen LogP contribution in [0.3, 0.4) is 0 Å². The molecule has 2 atom stereocenters. The number of rotatable bonds is 7. The van der Waals surface area contributed by atoms with Crippen molar-refractivity contribution in [1.82, 2.24) is 0 Å². The number of sulfonamides is 1. The van der Waals surface area contributed by atoms with E-state index in [0.29, 0.717) is 31.4 Å². The van der Waals surface area contributed by atoms with Crippen LogP contribution in [0, 0.1) is 11.8 Å². The third-order valence-electron chi connectivity index (χ3n) is 4.51. The lowest BCUT2D eigenvalue weighted by Crippen LogP contribution is -2.30.